The molecule has 2 rings (SSSR count). The molecule has 0 unspecified atom stereocenters. The van der Waals surface area contributed by atoms with Crippen LogP contribution in [0.15, 0.2) is 24.5 Å². The maximum absolute atomic E-state index is 11.8. The molecular weight excluding hydrogens is 244 g/mol. The molecule has 0 aromatic carbocycles. The normalized spacial score (nSPS) is 10.6. The van der Waals surface area contributed by atoms with Crippen LogP contribution in [0.25, 0.3) is 0 Å². The topological polar surface area (TPSA) is 34.9 Å². The second-order valence-electron chi connectivity index (χ2n) is 3.55. The maximum atomic E-state index is 11.8. The highest BCUT2D eigenvalue weighted by atomic mass is 35.5. The predicted molar refractivity (Wildman–Crippen MR) is 65.2 cm³/mol. The lowest BCUT2D eigenvalue weighted by molar-refractivity contribution is 0.0987. The summed E-state index contributed by atoms with van der Waals surface area (Å²) in [6.45, 7) is 0. The summed E-state index contributed by atoms with van der Waals surface area (Å²) in [5.41, 5.74) is 1.08. The average Bonchev–Trinajstić information content (AvgIpc) is 2.84. The standard InChI is InChI=1S/C11H11ClN2OS/c1-14-7-8(6-13-14)2-3-9(15)10-4-5-11(12)16-10/h4-7H,2-3H2,1H3. The first kappa shape index (κ1) is 11.4. The number of aryl methyl sites for hydroxylation is 2. The molecule has 5 heteroatoms. The summed E-state index contributed by atoms with van der Waals surface area (Å²) in [5, 5.41) is 4.06. The fourth-order valence-electron chi connectivity index (χ4n) is 1.45. The van der Waals surface area contributed by atoms with Gasteiger partial charge in [0, 0.05) is 19.7 Å². The van der Waals surface area contributed by atoms with Gasteiger partial charge >= 0.3 is 0 Å². The fourth-order valence-corrected chi connectivity index (χ4v) is 2.46. The third-order valence-electron chi connectivity index (χ3n) is 2.25. The van der Waals surface area contributed by atoms with Gasteiger partial charge in [0.2, 0.25) is 0 Å². The van der Waals surface area contributed by atoms with Crippen molar-refractivity contribution >= 4 is 28.7 Å². The summed E-state index contributed by atoms with van der Waals surface area (Å²) in [6.07, 6.45) is 4.94. The Morgan fingerprint density at radius 2 is 2.38 bits per heavy atom. The molecular formula is C11H11ClN2OS. The number of Topliss-reactive ketones (excluding diaryl/α,β-unsaturated/α-hetero) is 1. The summed E-state index contributed by atoms with van der Waals surface area (Å²) >= 11 is 7.11. The Morgan fingerprint density at radius 1 is 1.56 bits per heavy atom. The van der Waals surface area contributed by atoms with Crippen molar-refractivity contribution in [2.45, 2.75) is 12.8 Å². The van der Waals surface area contributed by atoms with Crippen LogP contribution in [0.1, 0.15) is 21.7 Å². The lowest BCUT2D eigenvalue weighted by Gasteiger charge is -1.95. The van der Waals surface area contributed by atoms with E-state index in [1.165, 1.54) is 11.3 Å². The Hall–Kier alpha value is -1.13. The van der Waals surface area contributed by atoms with Crippen molar-refractivity contribution in [2.24, 2.45) is 7.05 Å². The van der Waals surface area contributed by atoms with Crippen LogP contribution in [-0.2, 0) is 13.5 Å². The molecule has 0 aliphatic rings. The van der Waals surface area contributed by atoms with Gasteiger partial charge in [-0.1, -0.05) is 11.6 Å². The van der Waals surface area contributed by atoms with Gasteiger partial charge in [-0.05, 0) is 24.1 Å². The smallest absolute Gasteiger partial charge is 0.173 e. The molecule has 0 spiro atoms. The van der Waals surface area contributed by atoms with Crippen LogP contribution in [0, 0.1) is 0 Å². The quantitative estimate of drug-likeness (QED) is 0.787. The molecule has 0 bridgehead atoms. The number of hydrogen-bond donors (Lipinski definition) is 0. The van der Waals surface area contributed by atoms with Gasteiger partial charge in [0.1, 0.15) is 0 Å². The SMILES string of the molecule is Cn1cc(CCC(=O)c2ccc(Cl)s2)cn1. The van der Waals surface area contributed by atoms with Crippen LogP contribution in [0.2, 0.25) is 4.34 Å². The molecule has 0 aliphatic carbocycles. The van der Waals surface area contributed by atoms with E-state index in [1.807, 2.05) is 13.2 Å². The van der Waals surface area contributed by atoms with E-state index in [2.05, 4.69) is 5.10 Å². The van der Waals surface area contributed by atoms with Crippen LogP contribution in [0.5, 0.6) is 0 Å². The predicted octanol–water partition coefficient (Wildman–Crippen LogP) is 2.95. The zero-order chi connectivity index (χ0) is 11.5. The monoisotopic (exact) mass is 254 g/mol. The van der Waals surface area contributed by atoms with Gasteiger partial charge in [0.15, 0.2) is 5.78 Å². The average molecular weight is 255 g/mol. The van der Waals surface area contributed by atoms with Crippen molar-refractivity contribution in [2.75, 3.05) is 0 Å². The molecule has 0 N–H and O–H groups in total. The van der Waals surface area contributed by atoms with Gasteiger partial charge in [-0.2, -0.15) is 5.10 Å². The van der Waals surface area contributed by atoms with E-state index in [1.54, 1.807) is 23.0 Å². The molecule has 0 fully saturated rings. The molecule has 0 atom stereocenters. The largest absolute Gasteiger partial charge is 0.293 e. The van der Waals surface area contributed by atoms with Crippen molar-refractivity contribution in [3.05, 3.63) is 39.3 Å². The van der Waals surface area contributed by atoms with E-state index in [4.69, 9.17) is 11.6 Å². The van der Waals surface area contributed by atoms with E-state index >= 15 is 0 Å². The highest BCUT2D eigenvalue weighted by Crippen LogP contribution is 2.22. The van der Waals surface area contributed by atoms with Gasteiger partial charge in [-0.15, -0.1) is 11.3 Å². The van der Waals surface area contributed by atoms with Crippen LogP contribution in [-0.4, -0.2) is 15.6 Å². The number of aromatic nitrogens is 2. The number of hydrogen-bond acceptors (Lipinski definition) is 3. The van der Waals surface area contributed by atoms with Crippen LogP contribution >= 0.6 is 22.9 Å². The number of thiophene rings is 1. The summed E-state index contributed by atoms with van der Waals surface area (Å²) in [5.74, 6) is 0.140. The van der Waals surface area contributed by atoms with E-state index in [0.29, 0.717) is 10.8 Å². The maximum Gasteiger partial charge on any atom is 0.173 e. The molecule has 16 heavy (non-hydrogen) atoms. The molecule has 2 aromatic heterocycles. The first-order valence-corrected chi connectivity index (χ1v) is 6.10. The number of nitrogens with zero attached hydrogens (tertiary/aromatic N) is 2. The van der Waals surface area contributed by atoms with Gasteiger partial charge in [0.05, 0.1) is 15.4 Å². The lowest BCUT2D eigenvalue weighted by atomic mass is 10.1. The van der Waals surface area contributed by atoms with Crippen LogP contribution in [0.3, 0.4) is 0 Å². The third-order valence-corrected chi connectivity index (χ3v) is 3.52. The summed E-state index contributed by atoms with van der Waals surface area (Å²) < 4.78 is 2.40. The van der Waals surface area contributed by atoms with E-state index in [9.17, 15) is 4.79 Å². The first-order chi connectivity index (χ1) is 7.65. The number of ketones is 1. The van der Waals surface area contributed by atoms with Crippen molar-refractivity contribution in [1.29, 1.82) is 0 Å². The molecule has 3 nitrogen and oxygen atoms in total. The minimum absolute atomic E-state index is 0.140. The Kier molecular flexibility index (Phi) is 3.41. The van der Waals surface area contributed by atoms with Gasteiger partial charge in [-0.3, -0.25) is 9.48 Å². The summed E-state index contributed by atoms with van der Waals surface area (Å²) in [6, 6.07) is 3.53. The fraction of sp³-hybridized carbons (Fsp3) is 0.273. The molecule has 84 valence electrons. The molecule has 0 radical (unpaired) electrons. The zero-order valence-electron chi connectivity index (χ0n) is 8.81. The lowest BCUT2D eigenvalue weighted by Crippen LogP contribution is -1.97. The molecule has 0 saturated carbocycles. The van der Waals surface area contributed by atoms with Gasteiger partial charge < -0.3 is 0 Å². The van der Waals surface area contributed by atoms with Crippen molar-refractivity contribution < 1.29 is 4.79 Å². The Balaban J connectivity index is 1.93. The highest BCUT2D eigenvalue weighted by Gasteiger charge is 2.09. The second-order valence-corrected chi connectivity index (χ2v) is 5.26. The highest BCUT2D eigenvalue weighted by molar-refractivity contribution is 7.18. The van der Waals surface area contributed by atoms with E-state index in [0.717, 1.165) is 16.9 Å². The number of halogens is 1. The molecule has 0 aliphatic heterocycles. The summed E-state index contributed by atoms with van der Waals surface area (Å²) in [4.78, 5) is 12.5. The molecule has 0 saturated heterocycles. The molecule has 2 heterocycles. The minimum atomic E-state index is 0.140. The van der Waals surface area contributed by atoms with Gasteiger partial charge in [-0.25, -0.2) is 0 Å². The van der Waals surface area contributed by atoms with Crippen molar-refractivity contribution in [3.8, 4) is 0 Å². The number of carbonyl (C=O) groups excluding carboxylic acids is 1. The zero-order valence-corrected chi connectivity index (χ0v) is 10.4. The Morgan fingerprint density at radius 3 is 2.94 bits per heavy atom. The van der Waals surface area contributed by atoms with Crippen LogP contribution in [0.4, 0.5) is 0 Å². The minimum Gasteiger partial charge on any atom is -0.293 e. The van der Waals surface area contributed by atoms with E-state index in [-0.39, 0.29) is 5.78 Å². The summed E-state index contributed by atoms with van der Waals surface area (Å²) in [7, 11) is 1.87. The van der Waals surface area contributed by atoms with Crippen molar-refractivity contribution in [1.82, 2.24) is 9.78 Å². The van der Waals surface area contributed by atoms with Gasteiger partial charge in [0.25, 0.3) is 0 Å². The molecule has 0 amide bonds. The number of carbonyl (C=O) groups is 1. The molecule has 2 aromatic rings. The van der Waals surface area contributed by atoms with E-state index < -0.39 is 0 Å². The third kappa shape index (κ3) is 2.71. The van der Waals surface area contributed by atoms with Crippen molar-refractivity contribution in [3.63, 3.8) is 0 Å². The Labute approximate surface area is 103 Å². The second kappa shape index (κ2) is 4.80. The Bertz CT molecular complexity index is 504. The number of rotatable bonds is 4. The van der Waals surface area contributed by atoms with Crippen LogP contribution < -0.4 is 0 Å². The first-order valence-electron chi connectivity index (χ1n) is 4.91.